The van der Waals surface area contributed by atoms with Crippen LogP contribution in [0.1, 0.15) is 46.6 Å². The van der Waals surface area contributed by atoms with Gasteiger partial charge < -0.3 is 9.84 Å². The maximum Gasteiger partial charge on any atom is 0.129 e. The topological polar surface area (TPSA) is 29.5 Å². The maximum absolute atomic E-state index is 14.5. The van der Waals surface area contributed by atoms with Crippen molar-refractivity contribution < 1.29 is 18.6 Å². The zero-order chi connectivity index (χ0) is 21.5. The summed E-state index contributed by atoms with van der Waals surface area (Å²) < 4.78 is 34.8. The van der Waals surface area contributed by atoms with E-state index in [4.69, 9.17) is 9.84 Å². The molecule has 0 fully saturated rings. The highest BCUT2D eigenvalue weighted by Crippen LogP contribution is 2.31. The lowest BCUT2D eigenvalue weighted by Crippen LogP contribution is -2.10. The van der Waals surface area contributed by atoms with Gasteiger partial charge in [-0.3, -0.25) is 0 Å². The molecule has 1 atom stereocenters. The Morgan fingerprint density at radius 2 is 1.53 bits per heavy atom. The molecule has 2 nitrogen and oxygen atoms in total. The molecule has 0 spiro atoms. The lowest BCUT2D eigenvalue weighted by molar-refractivity contribution is 0.280. The molecule has 1 N–H and O–H groups in total. The molecule has 0 saturated heterocycles. The van der Waals surface area contributed by atoms with Crippen LogP contribution in [0.15, 0.2) is 60.7 Å². The molecule has 0 aliphatic carbocycles. The molecule has 0 saturated carbocycles. The number of rotatable bonds is 9. The van der Waals surface area contributed by atoms with Crippen molar-refractivity contribution in [2.75, 3.05) is 6.61 Å². The maximum atomic E-state index is 14.5. The fourth-order valence-electron chi connectivity index (χ4n) is 3.68. The molecule has 0 bridgehead atoms. The molecule has 3 aromatic rings. The second-order valence-corrected chi connectivity index (χ2v) is 7.75. The van der Waals surface area contributed by atoms with E-state index in [9.17, 15) is 8.78 Å². The highest BCUT2D eigenvalue weighted by molar-refractivity contribution is 5.33. The van der Waals surface area contributed by atoms with Crippen LogP contribution in [0.25, 0.3) is 0 Å². The third-order valence-electron chi connectivity index (χ3n) is 5.53. The van der Waals surface area contributed by atoms with E-state index in [0.717, 1.165) is 16.9 Å². The molecule has 0 aliphatic heterocycles. The predicted molar refractivity (Wildman–Crippen MR) is 116 cm³/mol. The number of halogens is 2. The first-order valence-electron chi connectivity index (χ1n) is 10.3. The minimum absolute atomic E-state index is 0.00531. The van der Waals surface area contributed by atoms with Crippen LogP contribution in [0.4, 0.5) is 8.78 Å². The molecule has 0 unspecified atom stereocenters. The summed E-state index contributed by atoms with van der Waals surface area (Å²) in [5.74, 6) is -0.544. The number of ether oxygens (including phenoxy) is 1. The van der Waals surface area contributed by atoms with Crippen molar-refractivity contribution in [3.8, 4) is 5.75 Å². The fourth-order valence-corrected chi connectivity index (χ4v) is 3.68. The molecule has 0 aromatic heterocycles. The first kappa shape index (κ1) is 22.0. The number of aryl methyl sites for hydroxylation is 2. The minimum Gasteiger partial charge on any atom is -0.494 e. The Bertz CT molecular complexity index is 947. The average Bonchev–Trinajstić information content (AvgIpc) is 2.74. The fraction of sp³-hybridized carbons (Fsp3) is 0.308. The zero-order valence-electron chi connectivity index (χ0n) is 17.5. The summed E-state index contributed by atoms with van der Waals surface area (Å²) in [4.78, 5) is 0. The van der Waals surface area contributed by atoms with Crippen molar-refractivity contribution in [3.63, 3.8) is 0 Å². The van der Waals surface area contributed by atoms with Crippen molar-refractivity contribution in [2.24, 2.45) is 0 Å². The highest BCUT2D eigenvalue weighted by Gasteiger charge is 2.21. The lowest BCUT2D eigenvalue weighted by Gasteiger charge is -2.20. The van der Waals surface area contributed by atoms with Gasteiger partial charge in [0.05, 0.1) is 13.2 Å². The van der Waals surface area contributed by atoms with Crippen molar-refractivity contribution in [3.05, 3.63) is 100 Å². The van der Waals surface area contributed by atoms with Crippen molar-refractivity contribution in [1.29, 1.82) is 0 Å². The third kappa shape index (κ3) is 5.67. The summed E-state index contributed by atoms with van der Waals surface area (Å²) >= 11 is 0. The van der Waals surface area contributed by atoms with Gasteiger partial charge in [0.1, 0.15) is 17.4 Å². The van der Waals surface area contributed by atoms with Gasteiger partial charge in [0, 0.05) is 5.56 Å². The van der Waals surface area contributed by atoms with Crippen LogP contribution in [0, 0.1) is 25.5 Å². The van der Waals surface area contributed by atoms with E-state index >= 15 is 0 Å². The molecular weight excluding hydrogens is 382 g/mol. The molecule has 3 rings (SSSR count). The summed E-state index contributed by atoms with van der Waals surface area (Å²) in [6.07, 6.45) is 1.86. The van der Waals surface area contributed by atoms with E-state index in [-0.39, 0.29) is 18.1 Å². The number of aliphatic hydroxyl groups excluding tert-OH is 1. The first-order valence-corrected chi connectivity index (χ1v) is 10.3. The minimum atomic E-state index is -0.496. The van der Waals surface area contributed by atoms with Gasteiger partial charge in [0.15, 0.2) is 0 Å². The number of benzene rings is 3. The molecule has 0 aliphatic rings. The number of aliphatic hydroxyl groups is 1. The lowest BCUT2D eigenvalue weighted by atomic mass is 9.87. The van der Waals surface area contributed by atoms with Crippen LogP contribution in [-0.2, 0) is 13.0 Å². The molecule has 158 valence electrons. The highest BCUT2D eigenvalue weighted by atomic mass is 19.1. The van der Waals surface area contributed by atoms with E-state index in [1.807, 2.05) is 37.3 Å². The number of hydrogen-bond donors (Lipinski definition) is 1. The van der Waals surface area contributed by atoms with Gasteiger partial charge in [-0.1, -0.05) is 36.4 Å². The van der Waals surface area contributed by atoms with Crippen molar-refractivity contribution in [1.82, 2.24) is 0 Å². The third-order valence-corrected chi connectivity index (χ3v) is 5.53. The second-order valence-electron chi connectivity index (χ2n) is 7.75. The zero-order valence-corrected chi connectivity index (χ0v) is 17.5. The van der Waals surface area contributed by atoms with Crippen LogP contribution in [-0.4, -0.2) is 11.7 Å². The molecular formula is C26H28F2O2. The van der Waals surface area contributed by atoms with E-state index in [1.54, 1.807) is 0 Å². The van der Waals surface area contributed by atoms with Gasteiger partial charge in [0.2, 0.25) is 0 Å². The van der Waals surface area contributed by atoms with Crippen molar-refractivity contribution >= 4 is 0 Å². The van der Waals surface area contributed by atoms with E-state index in [2.05, 4.69) is 19.1 Å². The molecule has 30 heavy (non-hydrogen) atoms. The molecule has 3 aromatic carbocycles. The molecule has 0 radical (unpaired) electrons. The Kier molecular flexibility index (Phi) is 7.58. The second kappa shape index (κ2) is 10.4. The normalized spacial score (nSPS) is 12.0. The largest absolute Gasteiger partial charge is 0.494 e. The number of hydrogen-bond acceptors (Lipinski definition) is 2. The van der Waals surface area contributed by atoms with E-state index < -0.39 is 11.6 Å². The van der Waals surface area contributed by atoms with E-state index in [0.29, 0.717) is 25.9 Å². The molecule has 0 amide bonds. The Balaban J connectivity index is 1.69. The summed E-state index contributed by atoms with van der Waals surface area (Å²) in [6, 6.07) is 17.5. The van der Waals surface area contributed by atoms with Gasteiger partial charge in [-0.15, -0.1) is 0 Å². The SMILES string of the molecule is Cc1ccc(C[C@H](CCCOc2ccc(CO)cc2)c2c(F)cccc2F)cc1C. The van der Waals surface area contributed by atoms with Gasteiger partial charge >= 0.3 is 0 Å². The average molecular weight is 411 g/mol. The van der Waals surface area contributed by atoms with Crippen LogP contribution in [0.3, 0.4) is 0 Å². The van der Waals surface area contributed by atoms with Gasteiger partial charge in [-0.2, -0.15) is 0 Å². The summed E-state index contributed by atoms with van der Waals surface area (Å²) in [5, 5.41) is 9.11. The smallest absolute Gasteiger partial charge is 0.129 e. The quantitative estimate of drug-likeness (QED) is 0.422. The van der Waals surface area contributed by atoms with Gasteiger partial charge in [0.25, 0.3) is 0 Å². The van der Waals surface area contributed by atoms with E-state index in [1.165, 1.54) is 29.3 Å². The van der Waals surface area contributed by atoms with Crippen LogP contribution in [0.5, 0.6) is 5.75 Å². The Morgan fingerprint density at radius 1 is 0.867 bits per heavy atom. The Hall–Kier alpha value is -2.72. The predicted octanol–water partition coefficient (Wildman–Crippen LogP) is 6.26. The van der Waals surface area contributed by atoms with Crippen LogP contribution >= 0.6 is 0 Å². The molecule has 0 heterocycles. The summed E-state index contributed by atoms with van der Waals surface area (Å²) in [6.45, 7) is 4.55. The van der Waals surface area contributed by atoms with Crippen LogP contribution in [0.2, 0.25) is 0 Å². The Labute approximate surface area is 177 Å². The first-order chi connectivity index (χ1) is 14.5. The standard InChI is InChI=1S/C26H28F2O2/c1-18-8-9-21(15-19(18)2)16-22(26-24(27)6-3-7-25(26)28)5-4-14-30-23-12-10-20(17-29)11-13-23/h3,6-13,15,22,29H,4-5,14,16-17H2,1-2H3/t22-/m0/s1. The van der Waals surface area contributed by atoms with Gasteiger partial charge in [-0.05, 0) is 85.5 Å². The van der Waals surface area contributed by atoms with Crippen molar-refractivity contribution in [2.45, 2.75) is 45.6 Å². The summed E-state index contributed by atoms with van der Waals surface area (Å²) in [7, 11) is 0. The summed E-state index contributed by atoms with van der Waals surface area (Å²) in [5.41, 5.74) is 4.43. The molecule has 4 heteroatoms. The monoisotopic (exact) mass is 410 g/mol. The van der Waals surface area contributed by atoms with Gasteiger partial charge in [-0.25, -0.2) is 8.78 Å². The van der Waals surface area contributed by atoms with Crippen LogP contribution < -0.4 is 4.74 Å². The Morgan fingerprint density at radius 3 is 2.17 bits per heavy atom.